The molecule has 1 aliphatic heterocycles. The number of non-ortho nitro benzene ring substituents is 1. The van der Waals surface area contributed by atoms with Gasteiger partial charge in [-0.05, 0) is 38.0 Å². The predicted molar refractivity (Wildman–Crippen MR) is 112 cm³/mol. The van der Waals surface area contributed by atoms with Crippen molar-refractivity contribution in [3.8, 4) is 0 Å². The number of nitro groups is 1. The van der Waals surface area contributed by atoms with Crippen LogP contribution in [0.15, 0.2) is 42.5 Å². The molecular formula is C21H19N3O5S. The molecule has 1 atom stereocenters. The van der Waals surface area contributed by atoms with E-state index in [1.165, 1.54) is 12.1 Å². The second kappa shape index (κ2) is 8.19. The number of carbonyl (C=O) groups is 2. The van der Waals surface area contributed by atoms with Gasteiger partial charge in [0.05, 0.1) is 33.4 Å². The minimum atomic E-state index is -0.695. The average Bonchev–Trinajstić information content (AvgIpc) is 3.39. The highest BCUT2D eigenvalue weighted by atomic mass is 32.1. The molecule has 30 heavy (non-hydrogen) atoms. The van der Waals surface area contributed by atoms with E-state index in [1.54, 1.807) is 23.2 Å². The number of para-hydroxylation sites is 1. The van der Waals surface area contributed by atoms with Crippen molar-refractivity contribution in [1.82, 2.24) is 9.88 Å². The second-order valence-electron chi connectivity index (χ2n) is 6.92. The van der Waals surface area contributed by atoms with Gasteiger partial charge in [-0.15, -0.1) is 11.3 Å². The number of rotatable bonds is 5. The summed E-state index contributed by atoms with van der Waals surface area (Å²) in [6.45, 7) is 2.31. The van der Waals surface area contributed by atoms with Crippen LogP contribution in [0.3, 0.4) is 0 Å². The van der Waals surface area contributed by atoms with E-state index in [0.717, 1.165) is 34.1 Å². The number of ether oxygens (including phenoxy) is 1. The third-order valence-corrected chi connectivity index (χ3v) is 6.13. The van der Waals surface area contributed by atoms with E-state index >= 15 is 0 Å². The minimum Gasteiger partial charge on any atom is -0.462 e. The van der Waals surface area contributed by atoms with Gasteiger partial charge in [0.25, 0.3) is 11.6 Å². The predicted octanol–water partition coefficient (Wildman–Crippen LogP) is 4.36. The van der Waals surface area contributed by atoms with E-state index in [4.69, 9.17) is 4.74 Å². The summed E-state index contributed by atoms with van der Waals surface area (Å²) in [6.07, 6.45) is 1.58. The van der Waals surface area contributed by atoms with Gasteiger partial charge in [0.2, 0.25) is 0 Å². The van der Waals surface area contributed by atoms with E-state index in [1.807, 2.05) is 24.3 Å². The van der Waals surface area contributed by atoms with Crippen LogP contribution in [0.25, 0.3) is 10.2 Å². The van der Waals surface area contributed by atoms with Crippen molar-refractivity contribution in [3.63, 3.8) is 0 Å². The van der Waals surface area contributed by atoms with E-state index in [2.05, 4.69) is 4.98 Å². The Hall–Kier alpha value is -3.33. The van der Waals surface area contributed by atoms with Gasteiger partial charge in [0, 0.05) is 24.2 Å². The Morgan fingerprint density at radius 3 is 2.77 bits per heavy atom. The summed E-state index contributed by atoms with van der Waals surface area (Å²) in [7, 11) is 0. The Kier molecular flexibility index (Phi) is 5.45. The van der Waals surface area contributed by atoms with Crippen LogP contribution in [-0.2, 0) is 4.74 Å². The molecule has 2 heterocycles. The number of fused-ring (bicyclic) bond motifs is 1. The van der Waals surface area contributed by atoms with Crippen molar-refractivity contribution < 1.29 is 19.2 Å². The molecule has 1 fully saturated rings. The van der Waals surface area contributed by atoms with Crippen LogP contribution in [0, 0.1) is 10.1 Å². The topological polar surface area (TPSA) is 103 Å². The van der Waals surface area contributed by atoms with Crippen molar-refractivity contribution in [3.05, 3.63) is 68.7 Å². The number of esters is 1. The van der Waals surface area contributed by atoms with E-state index in [0.29, 0.717) is 6.54 Å². The molecule has 9 heteroatoms. The third-order valence-electron chi connectivity index (χ3n) is 5.00. The summed E-state index contributed by atoms with van der Waals surface area (Å²) in [5, 5.41) is 12.2. The van der Waals surface area contributed by atoms with E-state index in [9.17, 15) is 19.7 Å². The SMILES string of the molecule is CCOC(=O)c1cc(C(=O)N2CCCC2c2nc3ccccc3s2)cc([N+](=O)[O-])c1. The lowest BCUT2D eigenvalue weighted by molar-refractivity contribution is -0.384. The normalized spacial score (nSPS) is 16.0. The van der Waals surface area contributed by atoms with Gasteiger partial charge < -0.3 is 9.64 Å². The van der Waals surface area contributed by atoms with Crippen molar-refractivity contribution in [1.29, 1.82) is 0 Å². The highest BCUT2D eigenvalue weighted by Crippen LogP contribution is 2.37. The number of carbonyl (C=O) groups excluding carboxylic acids is 2. The van der Waals surface area contributed by atoms with Crippen molar-refractivity contribution >= 4 is 39.1 Å². The zero-order valence-electron chi connectivity index (χ0n) is 16.2. The summed E-state index contributed by atoms with van der Waals surface area (Å²) in [4.78, 5) is 42.5. The number of amides is 1. The molecule has 154 valence electrons. The molecule has 0 aliphatic carbocycles. The Labute approximate surface area is 176 Å². The summed E-state index contributed by atoms with van der Waals surface area (Å²) in [5.74, 6) is -1.05. The molecule has 2 aromatic carbocycles. The van der Waals surface area contributed by atoms with Gasteiger partial charge in [-0.1, -0.05) is 12.1 Å². The average molecular weight is 425 g/mol. The van der Waals surface area contributed by atoms with Gasteiger partial charge in [-0.25, -0.2) is 9.78 Å². The molecule has 1 aliphatic rings. The Bertz CT molecular complexity index is 1110. The van der Waals surface area contributed by atoms with Gasteiger partial charge in [-0.3, -0.25) is 14.9 Å². The van der Waals surface area contributed by atoms with Crippen LogP contribution in [0.5, 0.6) is 0 Å². The fourth-order valence-electron chi connectivity index (χ4n) is 3.64. The lowest BCUT2D eigenvalue weighted by Crippen LogP contribution is -2.30. The fraction of sp³-hybridized carbons (Fsp3) is 0.286. The molecule has 1 amide bonds. The maximum atomic E-state index is 13.3. The number of likely N-dealkylation sites (tertiary alicyclic amines) is 1. The Balaban J connectivity index is 1.68. The highest BCUT2D eigenvalue weighted by molar-refractivity contribution is 7.18. The lowest BCUT2D eigenvalue weighted by atomic mass is 10.1. The van der Waals surface area contributed by atoms with Crippen LogP contribution in [0.4, 0.5) is 5.69 Å². The molecule has 1 unspecified atom stereocenters. The summed E-state index contributed by atoms with van der Waals surface area (Å²) >= 11 is 1.55. The van der Waals surface area contributed by atoms with Crippen LogP contribution >= 0.6 is 11.3 Å². The molecule has 0 bridgehead atoms. The number of hydrogen-bond donors (Lipinski definition) is 0. The fourth-order valence-corrected chi connectivity index (χ4v) is 4.75. The third kappa shape index (κ3) is 3.76. The number of benzene rings is 2. The zero-order valence-corrected chi connectivity index (χ0v) is 17.1. The highest BCUT2D eigenvalue weighted by Gasteiger charge is 2.33. The molecule has 1 aromatic heterocycles. The van der Waals surface area contributed by atoms with Crippen molar-refractivity contribution in [2.45, 2.75) is 25.8 Å². The second-order valence-corrected chi connectivity index (χ2v) is 7.98. The first kappa shape index (κ1) is 20.0. The molecule has 0 saturated carbocycles. The number of aromatic nitrogens is 1. The molecule has 4 rings (SSSR count). The molecule has 0 spiro atoms. The standard InChI is InChI=1S/C21H19N3O5S/c1-2-29-21(26)14-10-13(11-15(12-14)24(27)28)20(25)23-9-5-7-17(23)19-22-16-6-3-4-8-18(16)30-19/h3-4,6,8,10-12,17H,2,5,7,9H2,1H3. The molecular weight excluding hydrogens is 406 g/mol. The van der Waals surface area contributed by atoms with Crippen molar-refractivity contribution in [2.24, 2.45) is 0 Å². The van der Waals surface area contributed by atoms with Crippen LogP contribution in [0.2, 0.25) is 0 Å². The summed E-state index contributed by atoms with van der Waals surface area (Å²) in [5.41, 5.74) is 0.654. The molecule has 1 saturated heterocycles. The van der Waals surface area contributed by atoms with Crippen LogP contribution in [-0.4, -0.2) is 39.8 Å². The van der Waals surface area contributed by atoms with Crippen molar-refractivity contribution in [2.75, 3.05) is 13.2 Å². The largest absolute Gasteiger partial charge is 0.462 e. The molecule has 0 radical (unpaired) electrons. The first-order chi connectivity index (χ1) is 14.5. The zero-order chi connectivity index (χ0) is 21.3. The number of nitrogens with zero attached hydrogens (tertiary/aromatic N) is 3. The maximum Gasteiger partial charge on any atom is 0.338 e. The molecule has 0 N–H and O–H groups in total. The van der Waals surface area contributed by atoms with Gasteiger partial charge in [0.15, 0.2) is 0 Å². The Morgan fingerprint density at radius 2 is 2.03 bits per heavy atom. The van der Waals surface area contributed by atoms with Crippen LogP contribution in [0.1, 0.15) is 51.5 Å². The smallest absolute Gasteiger partial charge is 0.338 e. The van der Waals surface area contributed by atoms with Crippen LogP contribution < -0.4 is 0 Å². The quantitative estimate of drug-likeness (QED) is 0.342. The summed E-state index contributed by atoms with van der Waals surface area (Å²) < 4.78 is 6.00. The minimum absolute atomic E-state index is 0.00914. The molecule has 3 aromatic rings. The molecule has 8 nitrogen and oxygen atoms in total. The number of thiazole rings is 1. The van der Waals surface area contributed by atoms with E-state index in [-0.39, 0.29) is 35.4 Å². The number of hydrogen-bond acceptors (Lipinski definition) is 7. The lowest BCUT2D eigenvalue weighted by Gasteiger charge is -2.23. The van der Waals surface area contributed by atoms with Gasteiger partial charge in [0.1, 0.15) is 5.01 Å². The maximum absolute atomic E-state index is 13.3. The van der Waals surface area contributed by atoms with Gasteiger partial charge in [-0.2, -0.15) is 0 Å². The van der Waals surface area contributed by atoms with Gasteiger partial charge >= 0.3 is 5.97 Å². The Morgan fingerprint density at radius 1 is 1.27 bits per heavy atom. The first-order valence-corrected chi connectivity index (χ1v) is 10.4. The summed E-state index contributed by atoms with van der Waals surface area (Å²) in [6, 6.07) is 11.3. The van der Waals surface area contributed by atoms with E-state index < -0.39 is 10.9 Å². The monoisotopic (exact) mass is 425 g/mol. The first-order valence-electron chi connectivity index (χ1n) is 9.61. The number of nitro benzene ring substituents is 1.